The minimum Gasteiger partial charge on any atom is -0.459 e. The van der Waals surface area contributed by atoms with E-state index < -0.39 is 17.2 Å². The fourth-order valence-corrected chi connectivity index (χ4v) is 4.02. The van der Waals surface area contributed by atoms with Crippen LogP contribution in [0.4, 0.5) is 0 Å². The van der Waals surface area contributed by atoms with Gasteiger partial charge in [-0.05, 0) is 38.3 Å². The van der Waals surface area contributed by atoms with Gasteiger partial charge in [0.25, 0.3) is 5.91 Å². The number of ether oxygens (including phenoxy) is 1. The molecule has 0 radical (unpaired) electrons. The van der Waals surface area contributed by atoms with Gasteiger partial charge in [0.1, 0.15) is 6.10 Å². The third-order valence-corrected chi connectivity index (χ3v) is 5.66. The molecule has 1 aromatic rings. The molecule has 9 heteroatoms. The summed E-state index contributed by atoms with van der Waals surface area (Å²) in [5.74, 6) is -0.551. The molecular formula is C19H27N3O6. The number of carbonyl (C=O) groups is 3. The molecule has 2 aliphatic heterocycles. The SMILES string of the molecule is CC(=O)NCC(=O)N[C@]1(C)CCOC2(CCN(C(=O)c3ccco3)CC2)[C@H]1O. The first kappa shape index (κ1) is 20.3. The number of hydrogen-bond donors (Lipinski definition) is 3. The highest BCUT2D eigenvalue weighted by atomic mass is 16.5. The Balaban J connectivity index is 1.63. The van der Waals surface area contributed by atoms with E-state index >= 15 is 0 Å². The molecular weight excluding hydrogens is 366 g/mol. The first-order valence-electron chi connectivity index (χ1n) is 9.46. The number of furan rings is 1. The number of aliphatic hydroxyl groups excluding tert-OH is 1. The molecule has 3 N–H and O–H groups in total. The predicted octanol–water partition coefficient (Wildman–Crippen LogP) is 0.0466. The van der Waals surface area contributed by atoms with Gasteiger partial charge < -0.3 is 29.8 Å². The van der Waals surface area contributed by atoms with E-state index in [4.69, 9.17) is 9.15 Å². The van der Waals surface area contributed by atoms with Crippen LogP contribution >= 0.6 is 0 Å². The Morgan fingerprint density at radius 1 is 1.29 bits per heavy atom. The van der Waals surface area contributed by atoms with Crippen LogP contribution in [0.5, 0.6) is 0 Å². The van der Waals surface area contributed by atoms with Crippen LogP contribution in [-0.4, -0.2) is 71.2 Å². The van der Waals surface area contributed by atoms with Crippen LogP contribution in [-0.2, 0) is 14.3 Å². The number of rotatable bonds is 4. The van der Waals surface area contributed by atoms with Crippen LogP contribution in [0.2, 0.25) is 0 Å². The summed E-state index contributed by atoms with van der Waals surface area (Å²) in [7, 11) is 0. The molecule has 2 aliphatic rings. The maximum atomic E-state index is 12.5. The predicted molar refractivity (Wildman–Crippen MR) is 98.4 cm³/mol. The van der Waals surface area contributed by atoms with Gasteiger partial charge in [0.05, 0.1) is 23.9 Å². The fourth-order valence-electron chi connectivity index (χ4n) is 4.02. The van der Waals surface area contributed by atoms with E-state index in [1.165, 1.54) is 13.2 Å². The second-order valence-corrected chi connectivity index (χ2v) is 7.71. The zero-order valence-corrected chi connectivity index (χ0v) is 16.2. The minimum absolute atomic E-state index is 0.142. The zero-order valence-electron chi connectivity index (χ0n) is 16.2. The van der Waals surface area contributed by atoms with E-state index in [9.17, 15) is 19.5 Å². The van der Waals surface area contributed by atoms with Crippen molar-refractivity contribution in [1.29, 1.82) is 0 Å². The molecule has 2 saturated heterocycles. The van der Waals surface area contributed by atoms with Crippen LogP contribution in [0.1, 0.15) is 43.7 Å². The number of nitrogens with zero attached hydrogens (tertiary/aromatic N) is 1. The number of nitrogens with one attached hydrogen (secondary N) is 2. The summed E-state index contributed by atoms with van der Waals surface area (Å²) in [5, 5.41) is 16.4. The van der Waals surface area contributed by atoms with Crippen molar-refractivity contribution in [1.82, 2.24) is 15.5 Å². The Bertz CT molecular complexity index is 726. The van der Waals surface area contributed by atoms with Crippen LogP contribution in [0.25, 0.3) is 0 Å². The number of likely N-dealkylation sites (tertiary alicyclic amines) is 1. The molecule has 1 spiro atoms. The van der Waals surface area contributed by atoms with Crippen molar-refractivity contribution in [3.8, 4) is 0 Å². The van der Waals surface area contributed by atoms with Gasteiger partial charge in [-0.15, -0.1) is 0 Å². The quantitative estimate of drug-likeness (QED) is 0.665. The lowest BCUT2D eigenvalue weighted by Crippen LogP contribution is -2.69. The van der Waals surface area contributed by atoms with Crippen molar-refractivity contribution in [2.24, 2.45) is 0 Å². The molecule has 154 valence electrons. The van der Waals surface area contributed by atoms with Gasteiger partial charge in [-0.25, -0.2) is 0 Å². The highest BCUT2D eigenvalue weighted by Crippen LogP contribution is 2.40. The summed E-state index contributed by atoms with van der Waals surface area (Å²) < 4.78 is 11.2. The van der Waals surface area contributed by atoms with E-state index in [0.29, 0.717) is 39.0 Å². The normalized spacial score (nSPS) is 26.7. The van der Waals surface area contributed by atoms with Crippen molar-refractivity contribution in [2.45, 2.75) is 50.4 Å². The van der Waals surface area contributed by atoms with Crippen molar-refractivity contribution in [3.05, 3.63) is 24.2 Å². The molecule has 0 aromatic carbocycles. The number of aliphatic hydroxyl groups is 1. The first-order chi connectivity index (χ1) is 13.3. The van der Waals surface area contributed by atoms with Gasteiger partial charge in [0, 0.05) is 26.6 Å². The molecule has 1 aromatic heterocycles. The Morgan fingerprint density at radius 3 is 2.61 bits per heavy atom. The van der Waals surface area contributed by atoms with E-state index in [-0.39, 0.29) is 30.0 Å². The summed E-state index contributed by atoms with van der Waals surface area (Å²) in [4.78, 5) is 37.3. The Morgan fingerprint density at radius 2 is 2.00 bits per heavy atom. The van der Waals surface area contributed by atoms with E-state index in [2.05, 4.69) is 10.6 Å². The van der Waals surface area contributed by atoms with Crippen LogP contribution in [0.3, 0.4) is 0 Å². The van der Waals surface area contributed by atoms with Crippen LogP contribution in [0.15, 0.2) is 22.8 Å². The van der Waals surface area contributed by atoms with E-state index in [0.717, 1.165) is 0 Å². The summed E-state index contributed by atoms with van der Waals surface area (Å²) in [5.41, 5.74) is -1.70. The molecule has 3 rings (SSSR count). The highest BCUT2D eigenvalue weighted by molar-refractivity contribution is 5.91. The largest absolute Gasteiger partial charge is 0.459 e. The van der Waals surface area contributed by atoms with Crippen molar-refractivity contribution in [2.75, 3.05) is 26.2 Å². The smallest absolute Gasteiger partial charge is 0.289 e. The van der Waals surface area contributed by atoms with Gasteiger partial charge >= 0.3 is 0 Å². The molecule has 28 heavy (non-hydrogen) atoms. The number of piperidine rings is 1. The molecule has 3 amide bonds. The molecule has 0 aliphatic carbocycles. The third kappa shape index (κ3) is 4.05. The molecule has 0 unspecified atom stereocenters. The maximum absolute atomic E-state index is 12.5. The lowest BCUT2D eigenvalue weighted by atomic mass is 9.73. The monoisotopic (exact) mass is 393 g/mol. The molecule has 3 heterocycles. The van der Waals surface area contributed by atoms with Crippen LogP contribution in [0, 0.1) is 0 Å². The average molecular weight is 393 g/mol. The van der Waals surface area contributed by atoms with Crippen molar-refractivity contribution >= 4 is 17.7 Å². The van der Waals surface area contributed by atoms with Crippen molar-refractivity contribution < 1.29 is 28.6 Å². The number of carbonyl (C=O) groups excluding carboxylic acids is 3. The Kier molecular flexibility index (Phi) is 5.76. The number of hydrogen-bond acceptors (Lipinski definition) is 6. The van der Waals surface area contributed by atoms with Gasteiger partial charge in [0.15, 0.2) is 5.76 Å². The molecule has 2 fully saturated rings. The summed E-state index contributed by atoms with van der Waals surface area (Å²) >= 11 is 0. The lowest BCUT2D eigenvalue weighted by Gasteiger charge is -2.53. The second kappa shape index (κ2) is 7.92. The third-order valence-electron chi connectivity index (χ3n) is 5.66. The van der Waals surface area contributed by atoms with E-state index in [1.807, 2.05) is 0 Å². The highest BCUT2D eigenvalue weighted by Gasteiger charge is 2.54. The summed E-state index contributed by atoms with van der Waals surface area (Å²) in [6.45, 7) is 4.22. The second-order valence-electron chi connectivity index (χ2n) is 7.71. The lowest BCUT2D eigenvalue weighted by molar-refractivity contribution is -0.205. The molecule has 2 atom stereocenters. The zero-order chi connectivity index (χ0) is 20.4. The van der Waals surface area contributed by atoms with Gasteiger partial charge in [-0.3, -0.25) is 14.4 Å². The van der Waals surface area contributed by atoms with Gasteiger partial charge in [-0.1, -0.05) is 0 Å². The fraction of sp³-hybridized carbons (Fsp3) is 0.632. The van der Waals surface area contributed by atoms with Crippen molar-refractivity contribution in [3.63, 3.8) is 0 Å². The van der Waals surface area contributed by atoms with E-state index in [1.54, 1.807) is 24.0 Å². The minimum atomic E-state index is -0.934. The topological polar surface area (TPSA) is 121 Å². The Hall–Kier alpha value is -2.39. The van der Waals surface area contributed by atoms with Crippen LogP contribution < -0.4 is 10.6 Å². The average Bonchev–Trinajstić information content (AvgIpc) is 3.19. The Labute approximate surface area is 163 Å². The van der Waals surface area contributed by atoms with Gasteiger partial charge in [0.2, 0.25) is 11.8 Å². The summed E-state index contributed by atoms with van der Waals surface area (Å²) in [6, 6.07) is 3.29. The number of amides is 3. The standard InChI is InChI=1S/C19H27N3O6/c1-13(23)20-12-15(24)21-18(2)7-11-28-19(17(18)26)5-8-22(9-6-19)16(25)14-4-3-10-27-14/h3-4,10,17,26H,5-9,11-12H2,1-2H3,(H,20,23)(H,21,24)/t17-,18+/m0/s1. The molecule has 9 nitrogen and oxygen atoms in total. The molecule has 0 bridgehead atoms. The summed E-state index contributed by atoms with van der Waals surface area (Å²) in [6.07, 6.45) is 1.89. The van der Waals surface area contributed by atoms with Gasteiger partial charge in [-0.2, -0.15) is 0 Å². The maximum Gasteiger partial charge on any atom is 0.289 e. The first-order valence-corrected chi connectivity index (χ1v) is 9.46. The molecule has 0 saturated carbocycles.